The monoisotopic (exact) mass is 276 g/mol. The zero-order chi connectivity index (χ0) is 15.2. The minimum absolute atomic E-state index is 0.0385. The third-order valence-electron chi connectivity index (χ3n) is 3.46. The molecule has 1 aromatic carbocycles. The molecule has 1 aromatic rings. The molecule has 4 heteroatoms. The van der Waals surface area contributed by atoms with E-state index in [1.54, 1.807) is 6.08 Å². The van der Waals surface area contributed by atoms with Gasteiger partial charge in [-0.1, -0.05) is 42.1 Å². The summed E-state index contributed by atoms with van der Waals surface area (Å²) < 4.78 is 0. The lowest BCUT2D eigenvalue weighted by Gasteiger charge is -2.33. The number of benzene rings is 1. The molecule has 4 nitrogen and oxygen atoms in total. The smallest absolute Gasteiger partial charge is 0.135 e. The van der Waals surface area contributed by atoms with Gasteiger partial charge in [0.25, 0.3) is 0 Å². The average Bonchev–Trinajstić information content (AvgIpc) is 2.43. The molecule has 0 aliphatic heterocycles. The quantitative estimate of drug-likeness (QED) is 0.360. The summed E-state index contributed by atoms with van der Waals surface area (Å²) in [6, 6.07) is 7.69. The molecule has 0 aliphatic rings. The SMILES string of the molecule is C=CCO/N=C(/c1ccc(CO)cc1)C(C)(C)N(C)C. The van der Waals surface area contributed by atoms with Crippen LogP contribution in [0.15, 0.2) is 42.1 Å². The van der Waals surface area contributed by atoms with Crippen molar-refractivity contribution in [3.63, 3.8) is 0 Å². The van der Waals surface area contributed by atoms with Gasteiger partial charge in [-0.15, -0.1) is 0 Å². The molecular weight excluding hydrogens is 252 g/mol. The molecule has 110 valence electrons. The summed E-state index contributed by atoms with van der Waals surface area (Å²) in [6.07, 6.45) is 1.67. The second-order valence-corrected chi connectivity index (χ2v) is 5.33. The fourth-order valence-electron chi connectivity index (χ4n) is 1.65. The molecule has 0 aromatic heterocycles. The molecule has 1 N–H and O–H groups in total. The molecule has 1 rings (SSSR count). The van der Waals surface area contributed by atoms with E-state index in [0.29, 0.717) is 6.61 Å². The van der Waals surface area contributed by atoms with Crippen LogP contribution in [0.25, 0.3) is 0 Å². The Morgan fingerprint density at radius 3 is 2.40 bits per heavy atom. The Kier molecular flexibility index (Phi) is 5.92. The topological polar surface area (TPSA) is 45.1 Å². The molecule has 0 unspecified atom stereocenters. The maximum absolute atomic E-state index is 9.11. The Hall–Kier alpha value is -1.65. The minimum atomic E-state index is -0.276. The van der Waals surface area contributed by atoms with E-state index in [-0.39, 0.29) is 12.1 Å². The summed E-state index contributed by atoms with van der Waals surface area (Å²) in [7, 11) is 4.01. The van der Waals surface area contributed by atoms with Gasteiger partial charge >= 0.3 is 0 Å². The zero-order valence-corrected chi connectivity index (χ0v) is 12.8. The molecule has 0 radical (unpaired) electrons. The first kappa shape index (κ1) is 16.4. The van der Waals surface area contributed by atoms with Gasteiger partial charge in [-0.3, -0.25) is 4.90 Å². The van der Waals surface area contributed by atoms with E-state index in [4.69, 9.17) is 9.94 Å². The summed E-state index contributed by atoms with van der Waals surface area (Å²) in [4.78, 5) is 7.37. The van der Waals surface area contributed by atoms with E-state index in [1.165, 1.54) is 0 Å². The first-order valence-corrected chi connectivity index (χ1v) is 6.62. The van der Waals surface area contributed by atoms with Gasteiger partial charge in [0.15, 0.2) is 0 Å². The van der Waals surface area contributed by atoms with E-state index in [0.717, 1.165) is 16.8 Å². The molecule has 0 atom stereocenters. The highest BCUT2D eigenvalue weighted by Crippen LogP contribution is 2.20. The third kappa shape index (κ3) is 3.92. The predicted octanol–water partition coefficient (Wildman–Crippen LogP) is 2.43. The number of hydrogen-bond acceptors (Lipinski definition) is 4. The van der Waals surface area contributed by atoms with Gasteiger partial charge in [-0.25, -0.2) is 0 Å². The number of hydrogen-bond donors (Lipinski definition) is 1. The van der Waals surface area contributed by atoms with E-state index >= 15 is 0 Å². The summed E-state index contributed by atoms with van der Waals surface area (Å²) in [5.74, 6) is 0. The fraction of sp³-hybridized carbons (Fsp3) is 0.438. The van der Waals surface area contributed by atoms with Crippen molar-refractivity contribution in [2.75, 3.05) is 20.7 Å². The van der Waals surface area contributed by atoms with Crippen LogP contribution in [0.2, 0.25) is 0 Å². The van der Waals surface area contributed by atoms with E-state index in [9.17, 15) is 0 Å². The predicted molar refractivity (Wildman–Crippen MR) is 82.8 cm³/mol. The zero-order valence-electron chi connectivity index (χ0n) is 12.8. The van der Waals surface area contributed by atoms with Crippen LogP contribution in [0.5, 0.6) is 0 Å². The van der Waals surface area contributed by atoms with Gasteiger partial charge < -0.3 is 9.94 Å². The van der Waals surface area contributed by atoms with Crippen LogP contribution in [-0.2, 0) is 11.4 Å². The summed E-state index contributed by atoms with van der Waals surface area (Å²) in [5.41, 5.74) is 2.42. The van der Waals surface area contributed by atoms with Crippen molar-refractivity contribution in [3.8, 4) is 0 Å². The largest absolute Gasteiger partial charge is 0.392 e. The molecule has 0 saturated heterocycles. The molecule has 0 saturated carbocycles. The Balaban J connectivity index is 3.15. The summed E-state index contributed by atoms with van der Waals surface area (Å²) in [6.45, 7) is 8.21. The lowest BCUT2D eigenvalue weighted by Crippen LogP contribution is -2.46. The lowest BCUT2D eigenvalue weighted by atomic mass is 9.91. The Bertz CT molecular complexity index is 462. The van der Waals surface area contributed by atoms with Crippen LogP contribution in [-0.4, -0.2) is 42.0 Å². The van der Waals surface area contributed by atoms with Gasteiger partial charge in [0.1, 0.15) is 12.3 Å². The molecule has 20 heavy (non-hydrogen) atoms. The normalized spacial score (nSPS) is 12.6. The van der Waals surface area contributed by atoms with E-state index in [2.05, 4.69) is 30.5 Å². The molecule has 0 amide bonds. The van der Waals surface area contributed by atoms with Crippen LogP contribution in [0.4, 0.5) is 0 Å². The maximum atomic E-state index is 9.11. The molecule has 0 fully saturated rings. The van der Waals surface area contributed by atoms with Gasteiger partial charge in [-0.2, -0.15) is 0 Å². The van der Waals surface area contributed by atoms with Crippen molar-refractivity contribution in [2.45, 2.75) is 26.0 Å². The maximum Gasteiger partial charge on any atom is 0.135 e. The fourth-order valence-corrected chi connectivity index (χ4v) is 1.65. The van der Waals surface area contributed by atoms with Crippen molar-refractivity contribution in [1.29, 1.82) is 0 Å². The van der Waals surface area contributed by atoms with Gasteiger partial charge in [0, 0.05) is 5.56 Å². The molecule has 0 bridgehead atoms. The molecule has 0 spiro atoms. The van der Waals surface area contributed by atoms with Gasteiger partial charge in [0.2, 0.25) is 0 Å². The van der Waals surface area contributed by atoms with E-state index < -0.39 is 0 Å². The van der Waals surface area contributed by atoms with Crippen molar-refractivity contribution in [1.82, 2.24) is 4.90 Å². The Morgan fingerprint density at radius 2 is 1.95 bits per heavy atom. The lowest BCUT2D eigenvalue weighted by molar-refractivity contribution is 0.166. The average molecular weight is 276 g/mol. The summed E-state index contributed by atoms with van der Waals surface area (Å²) >= 11 is 0. The number of aliphatic hydroxyl groups is 1. The second kappa shape index (κ2) is 7.22. The second-order valence-electron chi connectivity index (χ2n) is 5.33. The van der Waals surface area contributed by atoms with Crippen LogP contribution in [0.3, 0.4) is 0 Å². The van der Waals surface area contributed by atoms with Crippen LogP contribution < -0.4 is 0 Å². The van der Waals surface area contributed by atoms with Crippen LogP contribution >= 0.6 is 0 Å². The van der Waals surface area contributed by atoms with Crippen molar-refractivity contribution in [3.05, 3.63) is 48.0 Å². The Labute approximate surface area is 121 Å². The minimum Gasteiger partial charge on any atom is -0.392 e. The summed E-state index contributed by atoms with van der Waals surface area (Å²) in [5, 5.41) is 13.4. The standard InChI is InChI=1S/C16H24N2O2/c1-6-11-20-17-15(16(2,3)18(4)5)14-9-7-13(12-19)8-10-14/h6-10,19H,1,11-12H2,2-5H3/b17-15-. The van der Waals surface area contributed by atoms with Crippen molar-refractivity contribution < 1.29 is 9.94 Å². The number of rotatable bonds is 7. The highest BCUT2D eigenvalue weighted by molar-refractivity contribution is 6.06. The van der Waals surface area contributed by atoms with Crippen molar-refractivity contribution in [2.24, 2.45) is 5.16 Å². The molecule has 0 aliphatic carbocycles. The van der Waals surface area contributed by atoms with Crippen LogP contribution in [0, 0.1) is 0 Å². The first-order chi connectivity index (χ1) is 9.43. The number of aliphatic hydroxyl groups excluding tert-OH is 1. The highest BCUT2D eigenvalue weighted by atomic mass is 16.6. The number of oxime groups is 1. The third-order valence-corrected chi connectivity index (χ3v) is 3.46. The number of nitrogens with zero attached hydrogens (tertiary/aromatic N) is 2. The van der Waals surface area contributed by atoms with Crippen molar-refractivity contribution >= 4 is 5.71 Å². The molecular formula is C16H24N2O2. The number of likely N-dealkylation sites (N-methyl/N-ethyl adjacent to an activating group) is 1. The van der Waals surface area contributed by atoms with Gasteiger partial charge in [-0.05, 0) is 33.5 Å². The van der Waals surface area contributed by atoms with E-state index in [1.807, 2.05) is 38.4 Å². The van der Waals surface area contributed by atoms with Crippen LogP contribution in [0.1, 0.15) is 25.0 Å². The van der Waals surface area contributed by atoms with Gasteiger partial charge in [0.05, 0.1) is 12.1 Å². The molecule has 0 heterocycles. The first-order valence-electron chi connectivity index (χ1n) is 6.62. The highest BCUT2D eigenvalue weighted by Gasteiger charge is 2.29. The Morgan fingerprint density at radius 1 is 1.35 bits per heavy atom.